The summed E-state index contributed by atoms with van der Waals surface area (Å²) in [5.41, 5.74) is 6.39. The average molecular weight is 311 g/mol. The van der Waals surface area contributed by atoms with Crippen molar-refractivity contribution >= 4 is 21.4 Å². The molecular weight excluding hydrogens is 294 g/mol. The first kappa shape index (κ1) is 15.1. The van der Waals surface area contributed by atoms with E-state index in [-0.39, 0.29) is 10.9 Å². The summed E-state index contributed by atoms with van der Waals surface area (Å²) < 4.78 is 27.1. The Kier molecular flexibility index (Phi) is 4.54. The molecule has 0 amide bonds. The maximum absolute atomic E-state index is 12.3. The Morgan fingerprint density at radius 1 is 1.35 bits per heavy atom. The maximum Gasteiger partial charge on any atom is 0.241 e. The molecule has 1 heterocycles. The second kappa shape index (κ2) is 6.01. The molecule has 1 unspecified atom stereocenters. The lowest BCUT2D eigenvalue weighted by Crippen LogP contribution is -2.26. The van der Waals surface area contributed by atoms with E-state index in [1.54, 1.807) is 37.4 Å². The van der Waals surface area contributed by atoms with E-state index in [0.717, 1.165) is 15.4 Å². The highest BCUT2D eigenvalue weighted by Gasteiger charge is 2.19. The van der Waals surface area contributed by atoms with E-state index in [1.807, 2.05) is 6.92 Å². The first-order valence-electron chi connectivity index (χ1n) is 6.16. The Hall–Kier alpha value is -1.28. The summed E-state index contributed by atoms with van der Waals surface area (Å²) in [7, 11) is -3.55. The maximum atomic E-state index is 12.3. The molecule has 0 radical (unpaired) electrons. The molecule has 0 aliphatic carbocycles. The second-order valence-electron chi connectivity index (χ2n) is 4.50. The number of aromatic nitrogens is 1. The van der Waals surface area contributed by atoms with Crippen LogP contribution in [0.25, 0.3) is 0 Å². The predicted molar refractivity (Wildman–Crippen MR) is 79.9 cm³/mol. The van der Waals surface area contributed by atoms with Crippen LogP contribution < -0.4 is 10.5 Å². The Morgan fingerprint density at radius 2 is 2.00 bits per heavy atom. The summed E-state index contributed by atoms with van der Waals surface area (Å²) in [4.78, 5) is 5.48. The molecule has 0 spiro atoms. The highest BCUT2D eigenvalue weighted by atomic mass is 32.2. The van der Waals surface area contributed by atoms with Gasteiger partial charge < -0.3 is 5.73 Å². The number of rotatable bonds is 5. The topological polar surface area (TPSA) is 85.1 Å². The van der Waals surface area contributed by atoms with Crippen molar-refractivity contribution in [3.8, 4) is 0 Å². The Morgan fingerprint density at radius 3 is 2.50 bits per heavy atom. The number of nitrogens with zero attached hydrogens (tertiary/aromatic N) is 1. The van der Waals surface area contributed by atoms with Crippen LogP contribution in [-0.2, 0) is 16.6 Å². The molecule has 108 valence electrons. The monoisotopic (exact) mass is 311 g/mol. The van der Waals surface area contributed by atoms with E-state index < -0.39 is 10.0 Å². The number of benzene rings is 1. The molecule has 1 aromatic heterocycles. The Balaban J connectivity index is 2.17. The van der Waals surface area contributed by atoms with Crippen LogP contribution in [0.15, 0.2) is 35.4 Å². The molecule has 1 aromatic carbocycles. The fourth-order valence-electron chi connectivity index (χ4n) is 1.73. The van der Waals surface area contributed by atoms with Crippen molar-refractivity contribution in [1.29, 1.82) is 0 Å². The van der Waals surface area contributed by atoms with Crippen molar-refractivity contribution in [2.45, 2.75) is 31.3 Å². The minimum atomic E-state index is -3.55. The van der Waals surface area contributed by atoms with Crippen LogP contribution in [0.5, 0.6) is 0 Å². The van der Waals surface area contributed by atoms with Gasteiger partial charge in [0.2, 0.25) is 10.0 Å². The Labute approximate surface area is 122 Å². The van der Waals surface area contributed by atoms with Crippen LogP contribution in [0, 0.1) is 6.92 Å². The predicted octanol–water partition coefficient (Wildman–Crippen LogP) is 1.95. The third-order valence-electron chi connectivity index (χ3n) is 2.81. The minimum absolute atomic E-state index is 0.231. The van der Waals surface area contributed by atoms with Crippen LogP contribution >= 0.6 is 11.3 Å². The highest BCUT2D eigenvalue weighted by Crippen LogP contribution is 2.21. The molecule has 20 heavy (non-hydrogen) atoms. The van der Waals surface area contributed by atoms with E-state index in [1.165, 1.54) is 11.3 Å². The van der Waals surface area contributed by atoms with Crippen molar-refractivity contribution in [2.24, 2.45) is 5.73 Å². The van der Waals surface area contributed by atoms with Gasteiger partial charge in [-0.3, -0.25) is 0 Å². The molecule has 0 fully saturated rings. The molecular formula is C13H17N3O2S2. The number of thiazole rings is 1. The van der Waals surface area contributed by atoms with Gasteiger partial charge in [0.15, 0.2) is 0 Å². The van der Waals surface area contributed by atoms with Gasteiger partial charge >= 0.3 is 0 Å². The molecule has 0 aliphatic heterocycles. The van der Waals surface area contributed by atoms with Crippen molar-refractivity contribution in [3.63, 3.8) is 0 Å². The lowest BCUT2D eigenvalue weighted by atomic mass is 10.2. The van der Waals surface area contributed by atoms with Gasteiger partial charge in [0, 0.05) is 17.6 Å². The standard InChI is InChI=1S/C13H17N3O2S2/c1-9-8-15-13(19-9)10(2)16-20(17,18)12-5-3-11(7-14)4-6-12/h3-6,8,10,16H,7,14H2,1-2H3. The highest BCUT2D eigenvalue weighted by molar-refractivity contribution is 7.89. The van der Waals surface area contributed by atoms with Gasteiger partial charge in [-0.25, -0.2) is 18.1 Å². The van der Waals surface area contributed by atoms with E-state index >= 15 is 0 Å². The number of hydrogen-bond acceptors (Lipinski definition) is 5. The lowest BCUT2D eigenvalue weighted by Gasteiger charge is -2.12. The summed E-state index contributed by atoms with van der Waals surface area (Å²) in [5.74, 6) is 0. The molecule has 3 N–H and O–H groups in total. The van der Waals surface area contributed by atoms with Crippen LogP contribution in [0.1, 0.15) is 28.4 Å². The van der Waals surface area contributed by atoms with Gasteiger partial charge in [-0.2, -0.15) is 0 Å². The summed E-state index contributed by atoms with van der Waals surface area (Å²) in [5, 5.41) is 0.754. The first-order chi connectivity index (χ1) is 9.42. The fraction of sp³-hybridized carbons (Fsp3) is 0.308. The molecule has 0 aliphatic rings. The molecule has 0 bridgehead atoms. The summed E-state index contributed by atoms with van der Waals surface area (Å²) >= 11 is 1.48. The van der Waals surface area contributed by atoms with E-state index in [4.69, 9.17) is 5.73 Å². The van der Waals surface area contributed by atoms with Gasteiger partial charge in [0.1, 0.15) is 5.01 Å². The van der Waals surface area contributed by atoms with Gasteiger partial charge in [0.05, 0.1) is 10.9 Å². The van der Waals surface area contributed by atoms with Crippen molar-refractivity contribution in [1.82, 2.24) is 9.71 Å². The Bertz CT molecular complexity index is 678. The summed E-state index contributed by atoms with van der Waals surface area (Å²) in [6.45, 7) is 4.11. The molecule has 0 saturated heterocycles. The number of sulfonamides is 1. The van der Waals surface area contributed by atoms with Crippen molar-refractivity contribution in [3.05, 3.63) is 45.9 Å². The number of aryl methyl sites for hydroxylation is 1. The third-order valence-corrected chi connectivity index (χ3v) is 5.46. The molecule has 1 atom stereocenters. The smallest absolute Gasteiger partial charge is 0.241 e. The van der Waals surface area contributed by atoms with Crippen molar-refractivity contribution in [2.75, 3.05) is 0 Å². The van der Waals surface area contributed by atoms with Gasteiger partial charge in [-0.15, -0.1) is 11.3 Å². The number of hydrogen-bond donors (Lipinski definition) is 2. The average Bonchev–Trinajstić information content (AvgIpc) is 2.85. The largest absolute Gasteiger partial charge is 0.326 e. The number of nitrogens with two attached hydrogens (primary N) is 1. The first-order valence-corrected chi connectivity index (χ1v) is 8.46. The van der Waals surface area contributed by atoms with Crippen LogP contribution in [0.4, 0.5) is 0 Å². The molecule has 2 rings (SSSR count). The minimum Gasteiger partial charge on any atom is -0.326 e. The lowest BCUT2D eigenvalue weighted by molar-refractivity contribution is 0.566. The van der Waals surface area contributed by atoms with E-state index in [2.05, 4.69) is 9.71 Å². The fourth-order valence-corrected chi connectivity index (χ4v) is 3.79. The third kappa shape index (κ3) is 3.43. The van der Waals surface area contributed by atoms with Crippen molar-refractivity contribution < 1.29 is 8.42 Å². The molecule has 7 heteroatoms. The van der Waals surface area contributed by atoms with Crippen LogP contribution in [0.2, 0.25) is 0 Å². The van der Waals surface area contributed by atoms with Crippen LogP contribution in [0.3, 0.4) is 0 Å². The van der Waals surface area contributed by atoms with E-state index in [9.17, 15) is 8.42 Å². The number of nitrogens with one attached hydrogen (secondary N) is 1. The summed E-state index contributed by atoms with van der Waals surface area (Å²) in [6, 6.07) is 6.20. The second-order valence-corrected chi connectivity index (χ2v) is 7.48. The van der Waals surface area contributed by atoms with Gasteiger partial charge in [0.25, 0.3) is 0 Å². The zero-order valence-electron chi connectivity index (χ0n) is 11.3. The molecule has 5 nitrogen and oxygen atoms in total. The van der Waals surface area contributed by atoms with Gasteiger partial charge in [-0.1, -0.05) is 12.1 Å². The van der Waals surface area contributed by atoms with Gasteiger partial charge in [-0.05, 0) is 31.5 Å². The zero-order chi connectivity index (χ0) is 14.8. The normalized spacial score (nSPS) is 13.3. The van der Waals surface area contributed by atoms with E-state index in [0.29, 0.717) is 6.54 Å². The zero-order valence-corrected chi connectivity index (χ0v) is 13.0. The SMILES string of the molecule is Cc1cnc(C(C)NS(=O)(=O)c2ccc(CN)cc2)s1. The van der Waals surface area contributed by atoms with Crippen LogP contribution in [-0.4, -0.2) is 13.4 Å². The summed E-state index contributed by atoms with van der Waals surface area (Å²) in [6.07, 6.45) is 1.74. The molecule has 0 saturated carbocycles. The molecule has 2 aromatic rings. The quantitative estimate of drug-likeness (QED) is 0.884.